The predicted octanol–water partition coefficient (Wildman–Crippen LogP) is 3.56. The van der Waals surface area contributed by atoms with Crippen LogP contribution in [0.2, 0.25) is 5.02 Å². The van der Waals surface area contributed by atoms with E-state index in [-0.39, 0.29) is 17.7 Å². The van der Waals surface area contributed by atoms with E-state index in [1.54, 1.807) is 13.0 Å². The SMILES string of the molecule is CCCCc1c(Cl)ccc(C(=O)OCC)c1C(=O)O. The highest BCUT2D eigenvalue weighted by molar-refractivity contribution is 6.32. The number of carbonyl (C=O) groups is 2. The van der Waals surface area contributed by atoms with Crippen molar-refractivity contribution in [1.29, 1.82) is 0 Å². The zero-order valence-electron chi connectivity index (χ0n) is 11.0. The molecule has 0 amide bonds. The van der Waals surface area contributed by atoms with Crippen molar-refractivity contribution in [2.75, 3.05) is 6.61 Å². The van der Waals surface area contributed by atoms with Crippen LogP contribution in [0.15, 0.2) is 12.1 Å². The molecule has 0 radical (unpaired) electrons. The zero-order valence-corrected chi connectivity index (χ0v) is 11.8. The number of rotatable bonds is 6. The van der Waals surface area contributed by atoms with Gasteiger partial charge in [0.05, 0.1) is 17.7 Å². The summed E-state index contributed by atoms with van der Waals surface area (Å²) >= 11 is 6.05. The number of ether oxygens (including phenoxy) is 1. The highest BCUT2D eigenvalue weighted by Gasteiger charge is 2.23. The number of esters is 1. The molecule has 1 N–H and O–H groups in total. The van der Waals surface area contributed by atoms with Gasteiger partial charge in [0.25, 0.3) is 0 Å². The van der Waals surface area contributed by atoms with Crippen molar-refractivity contribution in [2.24, 2.45) is 0 Å². The van der Waals surface area contributed by atoms with E-state index in [1.807, 2.05) is 6.92 Å². The monoisotopic (exact) mass is 284 g/mol. The fourth-order valence-corrected chi connectivity index (χ4v) is 2.10. The summed E-state index contributed by atoms with van der Waals surface area (Å²) in [4.78, 5) is 23.2. The molecule has 0 aliphatic rings. The Morgan fingerprint density at radius 1 is 1.32 bits per heavy atom. The molecule has 19 heavy (non-hydrogen) atoms. The van der Waals surface area contributed by atoms with Crippen molar-refractivity contribution in [3.8, 4) is 0 Å². The summed E-state index contributed by atoms with van der Waals surface area (Å²) < 4.78 is 4.87. The Hall–Kier alpha value is -1.55. The number of carbonyl (C=O) groups excluding carboxylic acids is 1. The lowest BCUT2D eigenvalue weighted by molar-refractivity contribution is 0.0514. The van der Waals surface area contributed by atoms with Crippen LogP contribution in [-0.4, -0.2) is 23.7 Å². The largest absolute Gasteiger partial charge is 0.478 e. The van der Waals surface area contributed by atoms with Crippen molar-refractivity contribution in [3.05, 3.63) is 33.8 Å². The van der Waals surface area contributed by atoms with E-state index in [4.69, 9.17) is 16.3 Å². The standard InChI is InChI=1S/C14H17ClO4/c1-3-5-6-9-11(15)8-7-10(12(9)13(16)17)14(18)19-4-2/h7-8H,3-6H2,1-2H3,(H,16,17). The number of hydrogen-bond donors (Lipinski definition) is 1. The molecular weight excluding hydrogens is 268 g/mol. The Morgan fingerprint density at radius 3 is 2.53 bits per heavy atom. The first-order valence-electron chi connectivity index (χ1n) is 6.24. The van der Waals surface area contributed by atoms with E-state index in [2.05, 4.69) is 0 Å². The minimum Gasteiger partial charge on any atom is -0.478 e. The third-order valence-electron chi connectivity index (χ3n) is 2.75. The molecule has 0 heterocycles. The molecule has 0 saturated carbocycles. The summed E-state index contributed by atoms with van der Waals surface area (Å²) in [6.45, 7) is 3.88. The maximum atomic E-state index is 11.8. The molecule has 0 aliphatic carbocycles. The van der Waals surface area contributed by atoms with E-state index in [1.165, 1.54) is 6.07 Å². The number of benzene rings is 1. The molecule has 0 unspecified atom stereocenters. The summed E-state index contributed by atoms with van der Waals surface area (Å²) in [5, 5.41) is 9.69. The first-order valence-corrected chi connectivity index (χ1v) is 6.62. The van der Waals surface area contributed by atoms with Crippen molar-refractivity contribution in [3.63, 3.8) is 0 Å². The van der Waals surface area contributed by atoms with Crippen molar-refractivity contribution < 1.29 is 19.4 Å². The lowest BCUT2D eigenvalue weighted by Gasteiger charge is -2.12. The van der Waals surface area contributed by atoms with Gasteiger partial charge >= 0.3 is 11.9 Å². The molecule has 0 spiro atoms. The van der Waals surface area contributed by atoms with Crippen LogP contribution in [0.4, 0.5) is 0 Å². The lowest BCUT2D eigenvalue weighted by atomic mass is 9.97. The molecule has 5 heteroatoms. The average molecular weight is 285 g/mol. The van der Waals surface area contributed by atoms with E-state index < -0.39 is 11.9 Å². The summed E-state index contributed by atoms with van der Waals surface area (Å²) in [5.41, 5.74) is 0.519. The van der Waals surface area contributed by atoms with E-state index in [9.17, 15) is 14.7 Å². The lowest BCUT2D eigenvalue weighted by Crippen LogP contribution is -2.14. The number of aromatic carboxylic acids is 1. The maximum absolute atomic E-state index is 11.8. The molecular formula is C14H17ClO4. The molecule has 1 aromatic rings. The van der Waals surface area contributed by atoms with Crippen molar-refractivity contribution >= 4 is 23.5 Å². The number of halogens is 1. The van der Waals surface area contributed by atoms with Crippen LogP contribution in [0.1, 0.15) is 53.0 Å². The van der Waals surface area contributed by atoms with Gasteiger partial charge in [-0.15, -0.1) is 0 Å². The van der Waals surface area contributed by atoms with Gasteiger partial charge < -0.3 is 9.84 Å². The Kier molecular flexibility index (Phi) is 5.83. The highest BCUT2D eigenvalue weighted by atomic mass is 35.5. The zero-order chi connectivity index (χ0) is 14.4. The first-order chi connectivity index (χ1) is 9.02. The van der Waals surface area contributed by atoms with Crippen LogP contribution in [0.25, 0.3) is 0 Å². The van der Waals surface area contributed by atoms with Crippen molar-refractivity contribution in [1.82, 2.24) is 0 Å². The van der Waals surface area contributed by atoms with Gasteiger partial charge in [-0.25, -0.2) is 9.59 Å². The van der Waals surface area contributed by atoms with Gasteiger partial charge in [-0.05, 0) is 37.5 Å². The van der Waals surface area contributed by atoms with E-state index in [0.717, 1.165) is 12.8 Å². The van der Waals surface area contributed by atoms with E-state index >= 15 is 0 Å². The molecule has 4 nitrogen and oxygen atoms in total. The van der Waals surface area contributed by atoms with Gasteiger partial charge in [0.2, 0.25) is 0 Å². The summed E-state index contributed by atoms with van der Waals surface area (Å²) in [7, 11) is 0. The normalized spacial score (nSPS) is 10.3. The molecule has 0 fully saturated rings. The van der Waals surface area contributed by atoms with Gasteiger partial charge in [0.15, 0.2) is 0 Å². The van der Waals surface area contributed by atoms with Crippen LogP contribution in [0.3, 0.4) is 0 Å². The Labute approximate surface area is 117 Å². The van der Waals surface area contributed by atoms with Gasteiger partial charge in [-0.2, -0.15) is 0 Å². The summed E-state index contributed by atoms with van der Waals surface area (Å²) in [5.74, 6) is -1.79. The molecule has 0 bridgehead atoms. The molecule has 104 valence electrons. The van der Waals surface area contributed by atoms with E-state index in [0.29, 0.717) is 17.0 Å². The average Bonchev–Trinajstić information content (AvgIpc) is 2.36. The molecule has 1 rings (SSSR count). The van der Waals surface area contributed by atoms with Gasteiger partial charge in [-0.1, -0.05) is 24.9 Å². The Bertz CT molecular complexity index is 483. The van der Waals surface area contributed by atoms with Crippen LogP contribution >= 0.6 is 11.6 Å². The highest BCUT2D eigenvalue weighted by Crippen LogP contribution is 2.26. The molecule has 1 aromatic carbocycles. The number of carboxylic acids is 1. The second-order valence-electron chi connectivity index (χ2n) is 4.08. The van der Waals surface area contributed by atoms with Crippen LogP contribution in [0, 0.1) is 0 Å². The third-order valence-corrected chi connectivity index (χ3v) is 3.10. The van der Waals surface area contributed by atoms with Crippen molar-refractivity contribution in [2.45, 2.75) is 33.1 Å². The third kappa shape index (κ3) is 3.70. The summed E-state index contributed by atoms with van der Waals surface area (Å²) in [6.07, 6.45) is 2.26. The maximum Gasteiger partial charge on any atom is 0.339 e. The smallest absolute Gasteiger partial charge is 0.339 e. The molecule has 0 atom stereocenters. The minimum absolute atomic E-state index is 0.0422. The van der Waals surface area contributed by atoms with Crippen LogP contribution < -0.4 is 0 Å². The molecule has 0 aromatic heterocycles. The predicted molar refractivity (Wildman–Crippen MR) is 73.0 cm³/mol. The number of carboxylic acid groups (broad SMARTS) is 1. The number of unbranched alkanes of at least 4 members (excludes halogenated alkanes) is 1. The molecule has 0 saturated heterocycles. The van der Waals surface area contributed by atoms with Crippen LogP contribution in [0.5, 0.6) is 0 Å². The van der Waals surface area contributed by atoms with Gasteiger partial charge in [0.1, 0.15) is 0 Å². The first kappa shape index (κ1) is 15.5. The topological polar surface area (TPSA) is 63.6 Å². The summed E-state index contributed by atoms with van der Waals surface area (Å²) in [6, 6.07) is 2.95. The van der Waals surface area contributed by atoms with Gasteiger partial charge in [0, 0.05) is 5.02 Å². The second-order valence-corrected chi connectivity index (χ2v) is 4.48. The Balaban J connectivity index is 3.32. The van der Waals surface area contributed by atoms with Crippen LogP contribution in [-0.2, 0) is 11.2 Å². The molecule has 0 aliphatic heterocycles. The fraction of sp³-hybridized carbons (Fsp3) is 0.429. The van der Waals surface area contributed by atoms with Gasteiger partial charge in [-0.3, -0.25) is 0 Å². The Morgan fingerprint density at radius 2 is 2.00 bits per heavy atom. The quantitative estimate of drug-likeness (QED) is 0.811. The fourth-order valence-electron chi connectivity index (χ4n) is 1.84. The second kappa shape index (κ2) is 7.14. The number of hydrogen-bond acceptors (Lipinski definition) is 3. The minimum atomic E-state index is -1.16.